The summed E-state index contributed by atoms with van der Waals surface area (Å²) in [6, 6.07) is 13.7. The first kappa shape index (κ1) is 19.0. The summed E-state index contributed by atoms with van der Waals surface area (Å²) in [4.78, 5) is 17.6. The van der Waals surface area contributed by atoms with Gasteiger partial charge in [0.1, 0.15) is 5.75 Å². The smallest absolute Gasteiger partial charge is 0.227 e. The summed E-state index contributed by atoms with van der Waals surface area (Å²) in [5, 5.41) is 3.85. The van der Waals surface area contributed by atoms with E-state index in [1.165, 1.54) is 17.3 Å². The van der Waals surface area contributed by atoms with Crippen LogP contribution in [0.5, 0.6) is 5.75 Å². The van der Waals surface area contributed by atoms with E-state index in [0.717, 1.165) is 27.1 Å². The van der Waals surface area contributed by atoms with Crippen LogP contribution >= 0.6 is 11.8 Å². The molecule has 0 fully saturated rings. The topological polar surface area (TPSA) is 56.1 Å². The molecule has 27 heavy (non-hydrogen) atoms. The first-order chi connectivity index (χ1) is 13.0. The number of anilines is 1. The molecule has 1 N–H and O–H groups in total. The van der Waals surface area contributed by atoms with E-state index in [4.69, 9.17) is 4.74 Å². The number of imidazole rings is 1. The molecule has 0 aliphatic rings. The van der Waals surface area contributed by atoms with Gasteiger partial charge in [-0.25, -0.2) is 4.98 Å². The van der Waals surface area contributed by atoms with Crippen molar-refractivity contribution in [3.63, 3.8) is 0 Å². The number of benzene rings is 2. The van der Waals surface area contributed by atoms with Gasteiger partial charge in [0.05, 0.1) is 18.7 Å². The summed E-state index contributed by atoms with van der Waals surface area (Å²) in [6.07, 6.45) is 3.94. The molecule has 1 aromatic heterocycles. The second kappa shape index (κ2) is 8.77. The van der Waals surface area contributed by atoms with Gasteiger partial charge >= 0.3 is 0 Å². The summed E-state index contributed by atoms with van der Waals surface area (Å²) in [5.41, 5.74) is 3.05. The Balaban J connectivity index is 1.57. The van der Waals surface area contributed by atoms with Crippen LogP contribution in [0.2, 0.25) is 0 Å². The standard InChI is InChI=1S/C21H23N3O2S/c1-15-8-9-18(16(2)14-15)26-13-10-20(25)23-17-6-4-5-7-19(17)27-21-22-11-12-24(21)3/h4-9,11-12,14H,10,13H2,1-3H3,(H,23,25). The average Bonchev–Trinajstić information content (AvgIpc) is 3.03. The number of carbonyl (C=O) groups excluding carboxylic acids is 1. The number of hydrogen-bond acceptors (Lipinski definition) is 4. The quantitative estimate of drug-likeness (QED) is 0.650. The van der Waals surface area contributed by atoms with Gasteiger partial charge < -0.3 is 14.6 Å². The van der Waals surface area contributed by atoms with Crippen LogP contribution in [0.3, 0.4) is 0 Å². The highest BCUT2D eigenvalue weighted by Crippen LogP contribution is 2.32. The Kier molecular flexibility index (Phi) is 6.19. The predicted molar refractivity (Wildman–Crippen MR) is 108 cm³/mol. The molecular formula is C21H23N3O2S. The monoisotopic (exact) mass is 381 g/mol. The minimum atomic E-state index is -0.0762. The van der Waals surface area contributed by atoms with E-state index >= 15 is 0 Å². The van der Waals surface area contributed by atoms with Gasteiger partial charge in [-0.3, -0.25) is 4.79 Å². The molecule has 2 aromatic carbocycles. The zero-order valence-electron chi connectivity index (χ0n) is 15.7. The molecule has 6 heteroatoms. The Bertz CT molecular complexity index is 937. The highest BCUT2D eigenvalue weighted by molar-refractivity contribution is 7.99. The minimum absolute atomic E-state index is 0.0762. The number of nitrogens with zero attached hydrogens (tertiary/aromatic N) is 2. The lowest BCUT2D eigenvalue weighted by Gasteiger charge is -2.12. The minimum Gasteiger partial charge on any atom is -0.493 e. The number of rotatable bonds is 7. The Labute approximate surface area is 163 Å². The molecule has 1 heterocycles. The molecule has 3 aromatic rings. The number of aryl methyl sites for hydroxylation is 3. The fourth-order valence-corrected chi connectivity index (χ4v) is 3.53. The van der Waals surface area contributed by atoms with Crippen molar-refractivity contribution >= 4 is 23.4 Å². The van der Waals surface area contributed by atoms with Crippen LogP contribution in [0.1, 0.15) is 17.5 Å². The maximum absolute atomic E-state index is 12.3. The van der Waals surface area contributed by atoms with Crippen LogP contribution in [0.4, 0.5) is 5.69 Å². The van der Waals surface area contributed by atoms with Crippen LogP contribution < -0.4 is 10.1 Å². The molecule has 0 saturated carbocycles. The maximum Gasteiger partial charge on any atom is 0.227 e. The lowest BCUT2D eigenvalue weighted by molar-refractivity contribution is -0.116. The van der Waals surface area contributed by atoms with Crippen LogP contribution in [0.15, 0.2) is 64.9 Å². The molecule has 0 atom stereocenters. The molecule has 0 aliphatic carbocycles. The van der Waals surface area contributed by atoms with E-state index in [0.29, 0.717) is 6.61 Å². The van der Waals surface area contributed by atoms with Gasteiger partial charge in [0.15, 0.2) is 5.16 Å². The summed E-state index contributed by atoms with van der Waals surface area (Å²) < 4.78 is 7.70. The van der Waals surface area contributed by atoms with Gasteiger partial charge in [0.2, 0.25) is 5.91 Å². The zero-order valence-corrected chi connectivity index (χ0v) is 16.5. The zero-order chi connectivity index (χ0) is 19.2. The summed E-state index contributed by atoms with van der Waals surface area (Å²) >= 11 is 1.52. The van der Waals surface area contributed by atoms with Gasteiger partial charge in [-0.1, -0.05) is 29.8 Å². The van der Waals surface area contributed by atoms with Gasteiger partial charge in [-0.15, -0.1) is 0 Å². The fraction of sp³-hybridized carbons (Fsp3) is 0.238. The maximum atomic E-state index is 12.3. The Morgan fingerprint density at radius 1 is 1.22 bits per heavy atom. The molecule has 0 bridgehead atoms. The number of para-hydroxylation sites is 1. The van der Waals surface area contributed by atoms with Crippen molar-refractivity contribution in [3.8, 4) is 5.75 Å². The normalized spacial score (nSPS) is 10.6. The fourth-order valence-electron chi connectivity index (χ4n) is 2.64. The lowest BCUT2D eigenvalue weighted by Crippen LogP contribution is -2.15. The van der Waals surface area contributed by atoms with E-state index in [1.54, 1.807) is 6.20 Å². The number of nitrogens with one attached hydrogen (secondary N) is 1. The molecule has 3 rings (SSSR count). The van der Waals surface area contributed by atoms with E-state index in [-0.39, 0.29) is 12.3 Å². The molecular weight excluding hydrogens is 358 g/mol. The summed E-state index contributed by atoms with van der Waals surface area (Å²) in [5.74, 6) is 0.742. The van der Waals surface area contributed by atoms with Gasteiger partial charge in [0.25, 0.3) is 0 Å². The molecule has 5 nitrogen and oxygen atoms in total. The number of aromatic nitrogens is 2. The van der Waals surface area contributed by atoms with Crippen molar-refractivity contribution in [1.82, 2.24) is 9.55 Å². The van der Waals surface area contributed by atoms with Gasteiger partial charge in [-0.05, 0) is 49.4 Å². The van der Waals surface area contributed by atoms with Gasteiger partial charge in [0, 0.05) is 24.3 Å². The van der Waals surface area contributed by atoms with Crippen LogP contribution in [0, 0.1) is 13.8 Å². The Hall–Kier alpha value is -2.73. The molecule has 140 valence electrons. The van der Waals surface area contributed by atoms with Crippen molar-refractivity contribution in [3.05, 3.63) is 66.0 Å². The highest BCUT2D eigenvalue weighted by Gasteiger charge is 2.10. The average molecular weight is 382 g/mol. The van der Waals surface area contributed by atoms with E-state index in [1.807, 2.05) is 68.1 Å². The Morgan fingerprint density at radius 3 is 2.78 bits per heavy atom. The molecule has 0 spiro atoms. The first-order valence-electron chi connectivity index (χ1n) is 8.77. The third kappa shape index (κ3) is 5.14. The van der Waals surface area contributed by atoms with Crippen LogP contribution in [-0.4, -0.2) is 22.1 Å². The van der Waals surface area contributed by atoms with Crippen molar-refractivity contribution < 1.29 is 9.53 Å². The van der Waals surface area contributed by atoms with E-state index < -0.39 is 0 Å². The second-order valence-corrected chi connectivity index (χ2v) is 7.34. The van der Waals surface area contributed by atoms with Crippen molar-refractivity contribution in [2.45, 2.75) is 30.3 Å². The van der Waals surface area contributed by atoms with E-state index in [9.17, 15) is 4.79 Å². The number of amides is 1. The van der Waals surface area contributed by atoms with Crippen molar-refractivity contribution in [1.29, 1.82) is 0 Å². The largest absolute Gasteiger partial charge is 0.493 e. The third-order valence-corrected chi connectivity index (χ3v) is 5.21. The number of hydrogen-bond donors (Lipinski definition) is 1. The lowest BCUT2D eigenvalue weighted by atomic mass is 10.1. The highest BCUT2D eigenvalue weighted by atomic mass is 32.2. The molecule has 0 unspecified atom stereocenters. The molecule has 0 radical (unpaired) electrons. The Morgan fingerprint density at radius 2 is 2.04 bits per heavy atom. The summed E-state index contributed by atoms with van der Waals surface area (Å²) in [6.45, 7) is 4.39. The van der Waals surface area contributed by atoms with Gasteiger partial charge in [-0.2, -0.15) is 0 Å². The van der Waals surface area contributed by atoms with Crippen molar-refractivity contribution in [2.75, 3.05) is 11.9 Å². The van der Waals surface area contributed by atoms with Crippen molar-refractivity contribution in [2.24, 2.45) is 7.05 Å². The summed E-state index contributed by atoms with van der Waals surface area (Å²) in [7, 11) is 1.95. The predicted octanol–water partition coefficient (Wildman–Crippen LogP) is 4.60. The molecule has 0 saturated heterocycles. The SMILES string of the molecule is Cc1ccc(OCCC(=O)Nc2ccccc2Sc2nccn2C)c(C)c1. The molecule has 1 amide bonds. The molecule has 0 aliphatic heterocycles. The van der Waals surface area contributed by atoms with E-state index in [2.05, 4.69) is 16.4 Å². The number of ether oxygens (including phenoxy) is 1. The second-order valence-electron chi connectivity index (χ2n) is 6.33. The third-order valence-electron chi connectivity index (χ3n) is 4.06. The van der Waals surface area contributed by atoms with Crippen LogP contribution in [0.25, 0.3) is 0 Å². The first-order valence-corrected chi connectivity index (χ1v) is 9.58. The number of carbonyl (C=O) groups is 1. The van der Waals surface area contributed by atoms with Crippen LogP contribution in [-0.2, 0) is 11.8 Å².